The van der Waals surface area contributed by atoms with Crippen molar-refractivity contribution < 1.29 is 24.2 Å². The third kappa shape index (κ3) is 2.11. The van der Waals surface area contributed by atoms with Gasteiger partial charge in [0.1, 0.15) is 17.5 Å². The van der Waals surface area contributed by atoms with E-state index in [9.17, 15) is 14.4 Å². The van der Waals surface area contributed by atoms with Gasteiger partial charge in [0.05, 0.1) is 26.8 Å². The molecule has 8 heteroatoms. The van der Waals surface area contributed by atoms with Gasteiger partial charge in [-0.3, -0.25) is 14.5 Å². The highest BCUT2D eigenvalue weighted by Crippen LogP contribution is 2.26. The van der Waals surface area contributed by atoms with Crippen molar-refractivity contribution in [2.75, 3.05) is 20.3 Å². The first kappa shape index (κ1) is 14.7. The predicted octanol–water partition coefficient (Wildman–Crippen LogP) is -0.202. The molecule has 2 aliphatic heterocycles. The number of carbonyl (C=O) groups excluding carboxylic acids is 1. The quantitative estimate of drug-likeness (QED) is 0.807. The summed E-state index contributed by atoms with van der Waals surface area (Å²) in [7, 11) is 1.25. The molecule has 0 amide bonds. The van der Waals surface area contributed by atoms with Gasteiger partial charge in [-0.1, -0.05) is 0 Å². The number of aromatic carboxylic acids is 1. The topological polar surface area (TPSA) is 98.1 Å². The Labute approximate surface area is 125 Å². The Bertz CT molecular complexity index is 710. The third-order valence-corrected chi connectivity index (χ3v) is 4.08. The van der Waals surface area contributed by atoms with Gasteiger partial charge < -0.3 is 19.1 Å². The van der Waals surface area contributed by atoms with Crippen LogP contribution in [-0.2, 0) is 11.3 Å². The standard InChI is InChI=1S/C14H16N2O6/c1-7-6-22-10-5-15-3-8(14(19)20)12(18)13(21-2)11(15)9(17)4-16(7)10/h3,7,10H,4-6H2,1-2H3,(H,19,20)/t7-,10-/m0/s1. The number of methoxy groups -OCH3 is 1. The molecule has 3 rings (SSSR count). The summed E-state index contributed by atoms with van der Waals surface area (Å²) in [5, 5.41) is 9.16. The van der Waals surface area contributed by atoms with Crippen molar-refractivity contribution in [2.45, 2.75) is 25.7 Å². The molecule has 0 bridgehead atoms. The third-order valence-electron chi connectivity index (χ3n) is 4.08. The highest BCUT2D eigenvalue weighted by atomic mass is 16.5. The average molecular weight is 308 g/mol. The summed E-state index contributed by atoms with van der Waals surface area (Å²) in [6.07, 6.45) is 0.866. The normalized spacial score (nSPS) is 24.5. The fourth-order valence-corrected chi connectivity index (χ4v) is 2.96. The number of carbonyl (C=O) groups is 2. The lowest BCUT2D eigenvalue weighted by Gasteiger charge is -2.22. The molecule has 0 aromatic carbocycles. The molecule has 0 radical (unpaired) electrons. The van der Waals surface area contributed by atoms with Gasteiger partial charge in [0.25, 0.3) is 0 Å². The molecular weight excluding hydrogens is 292 g/mol. The van der Waals surface area contributed by atoms with Crippen molar-refractivity contribution in [3.8, 4) is 5.75 Å². The summed E-state index contributed by atoms with van der Waals surface area (Å²) in [5.41, 5.74) is -1.11. The van der Waals surface area contributed by atoms with Gasteiger partial charge in [-0.05, 0) is 6.92 Å². The number of ketones is 1. The van der Waals surface area contributed by atoms with Crippen LogP contribution in [0.5, 0.6) is 5.75 Å². The van der Waals surface area contributed by atoms with Gasteiger partial charge in [-0.15, -0.1) is 0 Å². The first-order chi connectivity index (χ1) is 10.4. The monoisotopic (exact) mass is 308 g/mol. The molecule has 1 aromatic rings. The van der Waals surface area contributed by atoms with E-state index in [1.54, 1.807) is 0 Å². The molecular formula is C14H16N2O6. The Balaban J connectivity index is 2.19. The predicted molar refractivity (Wildman–Crippen MR) is 74.5 cm³/mol. The molecule has 0 aliphatic carbocycles. The van der Waals surface area contributed by atoms with Gasteiger partial charge in [0.15, 0.2) is 11.5 Å². The number of carboxylic acid groups (broad SMARTS) is 1. The lowest BCUT2D eigenvalue weighted by Crippen LogP contribution is -2.38. The van der Waals surface area contributed by atoms with Gasteiger partial charge in [-0.25, -0.2) is 4.79 Å². The summed E-state index contributed by atoms with van der Waals surface area (Å²) in [6.45, 7) is 2.83. The first-order valence-electron chi connectivity index (χ1n) is 6.89. The number of fused-ring (bicyclic) bond motifs is 2. The van der Waals surface area contributed by atoms with Crippen LogP contribution in [0.25, 0.3) is 0 Å². The van der Waals surface area contributed by atoms with Gasteiger partial charge >= 0.3 is 5.97 Å². The average Bonchev–Trinajstić information content (AvgIpc) is 2.73. The van der Waals surface area contributed by atoms with E-state index in [1.807, 2.05) is 11.8 Å². The molecule has 0 saturated carbocycles. The van der Waals surface area contributed by atoms with Crippen LogP contribution >= 0.6 is 0 Å². The van der Waals surface area contributed by atoms with Crippen LogP contribution in [0.3, 0.4) is 0 Å². The Kier molecular flexibility index (Phi) is 3.50. The van der Waals surface area contributed by atoms with Crippen molar-refractivity contribution in [3.05, 3.63) is 27.7 Å². The molecule has 2 aliphatic rings. The van der Waals surface area contributed by atoms with Crippen LogP contribution in [0.2, 0.25) is 0 Å². The number of aromatic nitrogens is 1. The summed E-state index contributed by atoms with van der Waals surface area (Å²) >= 11 is 0. The summed E-state index contributed by atoms with van der Waals surface area (Å²) in [6, 6.07) is 0.0838. The Morgan fingerprint density at radius 3 is 2.82 bits per heavy atom. The molecule has 1 fully saturated rings. The Morgan fingerprint density at radius 2 is 2.18 bits per heavy atom. The van der Waals surface area contributed by atoms with E-state index in [-0.39, 0.29) is 42.6 Å². The number of rotatable bonds is 2. The SMILES string of the molecule is COc1c2n(cc(C(=O)O)c1=O)C[C@@H]1OC[C@H](C)N1CC2=O. The van der Waals surface area contributed by atoms with E-state index in [0.717, 1.165) is 0 Å². The fourth-order valence-electron chi connectivity index (χ4n) is 2.96. The molecule has 8 nitrogen and oxygen atoms in total. The highest BCUT2D eigenvalue weighted by molar-refractivity contribution is 6.00. The van der Waals surface area contributed by atoms with Gasteiger partial charge in [0, 0.05) is 12.2 Å². The Morgan fingerprint density at radius 1 is 1.45 bits per heavy atom. The molecule has 22 heavy (non-hydrogen) atoms. The van der Waals surface area contributed by atoms with E-state index in [4.69, 9.17) is 14.6 Å². The number of hydrogen-bond acceptors (Lipinski definition) is 6. The van der Waals surface area contributed by atoms with E-state index >= 15 is 0 Å². The largest absolute Gasteiger partial charge is 0.491 e. The molecule has 0 unspecified atom stereocenters. The smallest absolute Gasteiger partial charge is 0.341 e. The van der Waals surface area contributed by atoms with E-state index in [2.05, 4.69) is 0 Å². The maximum absolute atomic E-state index is 12.5. The number of nitrogens with zero attached hydrogens (tertiary/aromatic N) is 2. The number of carboxylic acids is 1. The van der Waals surface area contributed by atoms with Crippen molar-refractivity contribution in [1.29, 1.82) is 0 Å². The molecule has 1 N–H and O–H groups in total. The number of ether oxygens (including phenoxy) is 2. The van der Waals surface area contributed by atoms with Crippen LogP contribution in [0.4, 0.5) is 0 Å². The molecule has 3 heterocycles. The fraction of sp³-hybridized carbons (Fsp3) is 0.500. The van der Waals surface area contributed by atoms with Gasteiger partial charge in [-0.2, -0.15) is 0 Å². The minimum absolute atomic E-state index is 0.0838. The maximum atomic E-state index is 12.5. The van der Waals surface area contributed by atoms with E-state index < -0.39 is 17.0 Å². The lowest BCUT2D eigenvalue weighted by atomic mass is 10.1. The summed E-state index contributed by atoms with van der Waals surface area (Å²) < 4.78 is 12.1. The number of pyridine rings is 1. The molecule has 1 aromatic heterocycles. The minimum Gasteiger partial charge on any atom is -0.491 e. The second kappa shape index (κ2) is 5.22. The van der Waals surface area contributed by atoms with Gasteiger partial charge in [0.2, 0.25) is 5.43 Å². The van der Waals surface area contributed by atoms with Crippen LogP contribution in [0.15, 0.2) is 11.0 Å². The zero-order valence-electron chi connectivity index (χ0n) is 12.2. The van der Waals surface area contributed by atoms with E-state index in [0.29, 0.717) is 6.61 Å². The summed E-state index contributed by atoms with van der Waals surface area (Å²) in [4.78, 5) is 37.8. The Hall–Kier alpha value is -2.19. The highest BCUT2D eigenvalue weighted by Gasteiger charge is 2.38. The van der Waals surface area contributed by atoms with Crippen LogP contribution < -0.4 is 10.2 Å². The molecule has 0 spiro atoms. The minimum atomic E-state index is -1.35. The van der Waals surface area contributed by atoms with Crippen molar-refractivity contribution >= 4 is 11.8 Å². The zero-order chi connectivity index (χ0) is 16.0. The number of Topliss-reactive ketones (excluding diaryl/α,β-unsaturated/α-hetero) is 1. The first-order valence-corrected chi connectivity index (χ1v) is 6.89. The number of hydrogen-bond donors (Lipinski definition) is 1. The van der Waals surface area contributed by atoms with Crippen molar-refractivity contribution in [2.24, 2.45) is 0 Å². The van der Waals surface area contributed by atoms with E-state index in [1.165, 1.54) is 17.9 Å². The second-order valence-electron chi connectivity index (χ2n) is 5.44. The van der Waals surface area contributed by atoms with Crippen LogP contribution in [0, 0.1) is 0 Å². The van der Waals surface area contributed by atoms with Crippen molar-refractivity contribution in [1.82, 2.24) is 9.47 Å². The zero-order valence-corrected chi connectivity index (χ0v) is 12.2. The summed E-state index contributed by atoms with van der Waals surface area (Å²) in [5.74, 6) is -1.86. The van der Waals surface area contributed by atoms with Crippen LogP contribution in [0.1, 0.15) is 27.8 Å². The van der Waals surface area contributed by atoms with Crippen molar-refractivity contribution in [3.63, 3.8) is 0 Å². The second-order valence-corrected chi connectivity index (χ2v) is 5.44. The molecule has 2 atom stereocenters. The lowest BCUT2D eigenvalue weighted by molar-refractivity contribution is 0.0234. The maximum Gasteiger partial charge on any atom is 0.341 e. The van der Waals surface area contributed by atoms with Crippen LogP contribution in [-0.4, -0.2) is 58.9 Å². The molecule has 1 saturated heterocycles. The molecule has 118 valence electrons.